The number of nitrogens with zero attached hydrogens (tertiary/aromatic N) is 2. The molecule has 1 aliphatic rings. The van der Waals surface area contributed by atoms with Gasteiger partial charge in [0.2, 0.25) is 0 Å². The van der Waals surface area contributed by atoms with Crippen LogP contribution in [0.1, 0.15) is 31.6 Å². The van der Waals surface area contributed by atoms with E-state index < -0.39 is 5.82 Å². The van der Waals surface area contributed by atoms with Crippen LogP contribution in [0.3, 0.4) is 0 Å². The lowest BCUT2D eigenvalue weighted by atomic mass is 10.1. The predicted octanol–water partition coefficient (Wildman–Crippen LogP) is 2.75. The first kappa shape index (κ1) is 13.7. The molecule has 0 aliphatic heterocycles. The van der Waals surface area contributed by atoms with Gasteiger partial charge in [0.05, 0.1) is 16.9 Å². The van der Waals surface area contributed by atoms with E-state index in [-0.39, 0.29) is 17.0 Å². The van der Waals surface area contributed by atoms with Gasteiger partial charge in [0.1, 0.15) is 11.6 Å². The fraction of sp³-hybridized carbons (Fsp3) is 0.250. The monoisotopic (exact) mass is 285 g/mol. The number of nitrogens with two attached hydrogens (primary N) is 1. The average molecular weight is 285 g/mol. The van der Waals surface area contributed by atoms with Crippen molar-refractivity contribution in [3.63, 3.8) is 0 Å². The van der Waals surface area contributed by atoms with Gasteiger partial charge in [-0.3, -0.25) is 9.36 Å². The highest BCUT2D eigenvalue weighted by molar-refractivity contribution is 5.78. The van der Waals surface area contributed by atoms with E-state index >= 15 is 0 Å². The lowest BCUT2D eigenvalue weighted by molar-refractivity contribution is 0.628. The van der Waals surface area contributed by atoms with Crippen molar-refractivity contribution in [2.45, 2.75) is 25.8 Å². The van der Waals surface area contributed by atoms with Crippen LogP contribution in [-0.4, -0.2) is 9.55 Å². The Morgan fingerprint density at radius 3 is 2.90 bits per heavy atom. The van der Waals surface area contributed by atoms with E-state index in [0.29, 0.717) is 11.3 Å². The van der Waals surface area contributed by atoms with Crippen molar-refractivity contribution in [3.05, 3.63) is 58.4 Å². The topological polar surface area (TPSA) is 60.9 Å². The molecule has 21 heavy (non-hydrogen) atoms. The maximum atomic E-state index is 13.4. The van der Waals surface area contributed by atoms with Gasteiger partial charge in [-0.1, -0.05) is 12.2 Å². The average Bonchev–Trinajstić information content (AvgIpc) is 2.48. The van der Waals surface area contributed by atoms with E-state index in [4.69, 9.17) is 5.73 Å². The van der Waals surface area contributed by atoms with Crippen LogP contribution in [0.15, 0.2) is 41.2 Å². The van der Waals surface area contributed by atoms with Crippen molar-refractivity contribution in [1.82, 2.24) is 9.55 Å². The fourth-order valence-electron chi connectivity index (χ4n) is 2.53. The summed E-state index contributed by atoms with van der Waals surface area (Å²) in [5.41, 5.74) is 7.01. The Labute approximate surface area is 121 Å². The number of hydrogen-bond donors (Lipinski definition) is 1. The molecule has 4 nitrogen and oxygen atoms in total. The molecule has 0 radical (unpaired) electrons. The van der Waals surface area contributed by atoms with Crippen LogP contribution in [0.25, 0.3) is 16.6 Å². The summed E-state index contributed by atoms with van der Waals surface area (Å²) in [4.78, 5) is 17.2. The number of hydrogen-bond acceptors (Lipinski definition) is 3. The molecule has 1 aromatic carbocycles. The zero-order valence-electron chi connectivity index (χ0n) is 11.7. The first-order valence-corrected chi connectivity index (χ1v) is 6.92. The molecule has 5 heteroatoms. The Balaban J connectivity index is 2.37. The normalized spacial score (nSPS) is 16.0. The standard InChI is InChI=1S/C16H16FN3O/c1-10(18)15-19-14-8-7-11(17)9-13(14)16(21)20(15)12-5-3-2-4-6-12/h2-3,5,7-10H,4,6,18H2,1H3. The number of benzene rings is 1. The summed E-state index contributed by atoms with van der Waals surface area (Å²) in [6.07, 6.45) is 7.42. The second-order valence-electron chi connectivity index (χ2n) is 5.19. The van der Waals surface area contributed by atoms with Crippen molar-refractivity contribution in [2.75, 3.05) is 0 Å². The molecule has 2 N–H and O–H groups in total. The fourth-order valence-corrected chi connectivity index (χ4v) is 2.53. The van der Waals surface area contributed by atoms with Gasteiger partial charge in [0.15, 0.2) is 0 Å². The van der Waals surface area contributed by atoms with Crippen molar-refractivity contribution in [1.29, 1.82) is 0 Å². The number of fused-ring (bicyclic) bond motifs is 1. The Morgan fingerprint density at radius 2 is 2.24 bits per heavy atom. The molecule has 3 rings (SSSR count). The van der Waals surface area contributed by atoms with Gasteiger partial charge < -0.3 is 5.73 Å². The minimum Gasteiger partial charge on any atom is -0.322 e. The third-order valence-corrected chi connectivity index (χ3v) is 3.54. The minimum absolute atomic E-state index is 0.270. The third-order valence-electron chi connectivity index (χ3n) is 3.54. The van der Waals surface area contributed by atoms with Crippen LogP contribution in [0.4, 0.5) is 4.39 Å². The van der Waals surface area contributed by atoms with Crippen LogP contribution >= 0.6 is 0 Å². The maximum Gasteiger partial charge on any atom is 0.265 e. The summed E-state index contributed by atoms with van der Waals surface area (Å²) in [5.74, 6) is 0.0553. The Hall–Kier alpha value is -2.27. The number of rotatable bonds is 2. The summed E-state index contributed by atoms with van der Waals surface area (Å²) >= 11 is 0. The lowest BCUT2D eigenvalue weighted by Gasteiger charge is -2.19. The van der Waals surface area contributed by atoms with Gasteiger partial charge in [-0.15, -0.1) is 0 Å². The first-order chi connectivity index (χ1) is 10.1. The zero-order valence-corrected chi connectivity index (χ0v) is 11.7. The Kier molecular flexibility index (Phi) is 3.43. The van der Waals surface area contributed by atoms with Crippen LogP contribution in [-0.2, 0) is 0 Å². The summed E-state index contributed by atoms with van der Waals surface area (Å²) < 4.78 is 14.9. The molecule has 0 saturated heterocycles. The first-order valence-electron chi connectivity index (χ1n) is 6.92. The Bertz CT molecular complexity index is 818. The molecule has 1 aliphatic carbocycles. The van der Waals surface area contributed by atoms with E-state index in [1.807, 2.05) is 18.2 Å². The molecule has 2 aromatic rings. The van der Waals surface area contributed by atoms with Crippen molar-refractivity contribution >= 4 is 16.6 Å². The molecule has 108 valence electrons. The quantitative estimate of drug-likeness (QED) is 0.923. The van der Waals surface area contributed by atoms with Gasteiger partial charge in [-0.05, 0) is 44.0 Å². The molecule has 0 fully saturated rings. The molecule has 0 bridgehead atoms. The van der Waals surface area contributed by atoms with Gasteiger partial charge in [0.25, 0.3) is 5.56 Å². The molecule has 0 amide bonds. The number of halogens is 1. The summed E-state index contributed by atoms with van der Waals surface area (Å²) in [7, 11) is 0. The summed E-state index contributed by atoms with van der Waals surface area (Å²) in [6, 6.07) is 3.65. The van der Waals surface area contributed by atoms with Crippen LogP contribution in [0, 0.1) is 5.82 Å². The van der Waals surface area contributed by atoms with Gasteiger partial charge in [0, 0.05) is 5.70 Å². The van der Waals surface area contributed by atoms with Gasteiger partial charge in [-0.2, -0.15) is 0 Å². The van der Waals surface area contributed by atoms with Crippen molar-refractivity contribution in [3.8, 4) is 0 Å². The lowest BCUT2D eigenvalue weighted by Crippen LogP contribution is -2.28. The minimum atomic E-state index is -0.445. The van der Waals surface area contributed by atoms with Gasteiger partial charge >= 0.3 is 0 Å². The van der Waals surface area contributed by atoms with E-state index in [2.05, 4.69) is 4.98 Å². The largest absolute Gasteiger partial charge is 0.322 e. The number of aromatic nitrogens is 2. The van der Waals surface area contributed by atoms with Crippen molar-refractivity contribution < 1.29 is 4.39 Å². The van der Waals surface area contributed by atoms with E-state index in [1.165, 1.54) is 22.8 Å². The molecule has 1 heterocycles. The van der Waals surface area contributed by atoms with E-state index in [9.17, 15) is 9.18 Å². The summed E-state index contributed by atoms with van der Waals surface area (Å²) in [6.45, 7) is 1.78. The molecule has 0 spiro atoms. The van der Waals surface area contributed by atoms with Crippen LogP contribution < -0.4 is 11.3 Å². The smallest absolute Gasteiger partial charge is 0.265 e. The van der Waals surface area contributed by atoms with Crippen LogP contribution in [0.2, 0.25) is 0 Å². The third kappa shape index (κ3) is 2.40. The van der Waals surface area contributed by atoms with E-state index in [1.54, 1.807) is 6.92 Å². The molecule has 1 aromatic heterocycles. The maximum absolute atomic E-state index is 13.4. The van der Waals surface area contributed by atoms with Crippen molar-refractivity contribution in [2.24, 2.45) is 5.73 Å². The Morgan fingerprint density at radius 1 is 1.43 bits per heavy atom. The molecular weight excluding hydrogens is 269 g/mol. The molecular formula is C16H16FN3O. The second-order valence-corrected chi connectivity index (χ2v) is 5.19. The van der Waals surface area contributed by atoms with E-state index in [0.717, 1.165) is 18.5 Å². The SMILES string of the molecule is CC(N)c1nc2ccc(F)cc2c(=O)n1C1=CC=CCC1. The predicted molar refractivity (Wildman–Crippen MR) is 81.2 cm³/mol. The highest BCUT2D eigenvalue weighted by Crippen LogP contribution is 2.21. The highest BCUT2D eigenvalue weighted by atomic mass is 19.1. The molecule has 1 atom stereocenters. The second kappa shape index (κ2) is 5.26. The summed E-state index contributed by atoms with van der Waals surface area (Å²) in [5, 5.41) is 0.273. The number of allylic oxidation sites excluding steroid dienone is 4. The van der Waals surface area contributed by atoms with Gasteiger partial charge in [-0.25, -0.2) is 9.37 Å². The molecule has 1 unspecified atom stereocenters. The zero-order chi connectivity index (χ0) is 15.0. The van der Waals surface area contributed by atoms with Crippen LogP contribution in [0.5, 0.6) is 0 Å². The molecule has 0 saturated carbocycles. The highest BCUT2D eigenvalue weighted by Gasteiger charge is 2.17.